The van der Waals surface area contributed by atoms with Crippen molar-refractivity contribution < 1.29 is 19.0 Å². The van der Waals surface area contributed by atoms with E-state index in [0.717, 1.165) is 10.0 Å². The number of benzene rings is 2. The lowest BCUT2D eigenvalue weighted by Gasteiger charge is -2.13. The predicted molar refractivity (Wildman–Crippen MR) is 102 cm³/mol. The number of carbonyl (C=O) groups excluding carboxylic acids is 1. The van der Waals surface area contributed by atoms with Crippen molar-refractivity contribution in [3.63, 3.8) is 0 Å². The molecule has 0 fully saturated rings. The van der Waals surface area contributed by atoms with Crippen molar-refractivity contribution in [1.82, 2.24) is 0 Å². The fraction of sp³-hybridized carbons (Fsp3) is 0.211. The highest BCUT2D eigenvalue weighted by atomic mass is 79.9. The second-order valence-electron chi connectivity index (χ2n) is 5.03. The van der Waals surface area contributed by atoms with Crippen LogP contribution in [-0.4, -0.2) is 19.7 Å². The van der Waals surface area contributed by atoms with E-state index in [2.05, 4.69) is 15.9 Å². The van der Waals surface area contributed by atoms with Crippen LogP contribution < -0.4 is 9.47 Å². The molecular formula is C19H18BrClO4. The van der Waals surface area contributed by atoms with Crippen LogP contribution in [0.1, 0.15) is 18.1 Å². The van der Waals surface area contributed by atoms with Crippen molar-refractivity contribution in [3.8, 4) is 11.5 Å². The number of ether oxygens (including phenoxy) is 3. The normalized spacial score (nSPS) is 10.7. The third-order valence-electron chi connectivity index (χ3n) is 3.25. The summed E-state index contributed by atoms with van der Waals surface area (Å²) in [4.78, 5) is 11.4. The molecule has 0 heterocycles. The van der Waals surface area contributed by atoms with E-state index in [0.29, 0.717) is 35.3 Å². The number of esters is 1. The Balaban J connectivity index is 2.15. The summed E-state index contributed by atoms with van der Waals surface area (Å²) in [6, 6.07) is 11.3. The van der Waals surface area contributed by atoms with Gasteiger partial charge in [-0.1, -0.05) is 39.7 Å². The molecule has 0 radical (unpaired) electrons. The van der Waals surface area contributed by atoms with Gasteiger partial charge in [0.1, 0.15) is 6.61 Å². The molecule has 0 bridgehead atoms. The average molecular weight is 426 g/mol. The molecule has 2 rings (SSSR count). The lowest BCUT2D eigenvalue weighted by atomic mass is 10.2. The van der Waals surface area contributed by atoms with Crippen LogP contribution in [0.25, 0.3) is 6.08 Å². The van der Waals surface area contributed by atoms with E-state index in [4.69, 9.17) is 25.8 Å². The van der Waals surface area contributed by atoms with E-state index in [1.54, 1.807) is 25.1 Å². The molecule has 0 aliphatic heterocycles. The third kappa shape index (κ3) is 5.80. The summed E-state index contributed by atoms with van der Waals surface area (Å²) in [5.41, 5.74) is 1.72. The van der Waals surface area contributed by atoms with Crippen LogP contribution in [0.4, 0.5) is 0 Å². The maximum absolute atomic E-state index is 11.4. The summed E-state index contributed by atoms with van der Waals surface area (Å²) in [7, 11) is 1.54. The van der Waals surface area contributed by atoms with Gasteiger partial charge in [-0.05, 0) is 48.4 Å². The minimum Gasteiger partial charge on any atom is -0.493 e. The average Bonchev–Trinajstić information content (AvgIpc) is 2.60. The molecule has 0 aromatic heterocycles. The van der Waals surface area contributed by atoms with Crippen LogP contribution >= 0.6 is 27.5 Å². The number of hydrogen-bond acceptors (Lipinski definition) is 4. The molecule has 2 aromatic rings. The van der Waals surface area contributed by atoms with Gasteiger partial charge in [0.2, 0.25) is 0 Å². The summed E-state index contributed by atoms with van der Waals surface area (Å²) in [5.74, 6) is 0.543. The van der Waals surface area contributed by atoms with E-state index in [9.17, 15) is 4.79 Å². The molecule has 4 nitrogen and oxygen atoms in total. The zero-order valence-electron chi connectivity index (χ0n) is 13.9. The Labute approximate surface area is 160 Å². The van der Waals surface area contributed by atoms with Crippen molar-refractivity contribution in [2.45, 2.75) is 13.5 Å². The topological polar surface area (TPSA) is 44.8 Å². The SMILES string of the molecule is CCOC(=O)/C=C/c1cc(Cl)c(OCc2ccc(Br)cc2)c(OC)c1. The van der Waals surface area contributed by atoms with Crippen molar-refractivity contribution >= 4 is 39.6 Å². The first kappa shape index (κ1) is 19.3. The van der Waals surface area contributed by atoms with Crippen LogP contribution in [0.2, 0.25) is 5.02 Å². The molecule has 0 aliphatic carbocycles. The molecule has 0 N–H and O–H groups in total. The van der Waals surface area contributed by atoms with Gasteiger partial charge in [0.05, 0.1) is 18.7 Å². The van der Waals surface area contributed by atoms with Crippen LogP contribution in [0.15, 0.2) is 46.9 Å². The summed E-state index contributed by atoms with van der Waals surface area (Å²) in [5, 5.41) is 0.403. The summed E-state index contributed by atoms with van der Waals surface area (Å²) < 4.78 is 17.0. The standard InChI is InChI=1S/C19H18BrClO4/c1-3-24-18(22)9-6-14-10-16(21)19(17(11-14)23-2)25-12-13-4-7-15(20)8-5-13/h4-11H,3,12H2,1-2H3/b9-6+. The number of methoxy groups -OCH3 is 1. The predicted octanol–water partition coefficient (Wildman–Crippen LogP) is 5.27. The van der Waals surface area contributed by atoms with Gasteiger partial charge in [-0.15, -0.1) is 0 Å². The van der Waals surface area contributed by atoms with E-state index >= 15 is 0 Å². The number of halogens is 2. The highest BCUT2D eigenvalue weighted by Crippen LogP contribution is 2.37. The molecule has 25 heavy (non-hydrogen) atoms. The lowest BCUT2D eigenvalue weighted by molar-refractivity contribution is -0.137. The Morgan fingerprint density at radius 1 is 1.24 bits per heavy atom. The van der Waals surface area contributed by atoms with Crippen molar-refractivity contribution in [3.05, 3.63) is 63.1 Å². The van der Waals surface area contributed by atoms with Crippen LogP contribution in [0.3, 0.4) is 0 Å². The van der Waals surface area contributed by atoms with Gasteiger partial charge in [0.25, 0.3) is 0 Å². The quantitative estimate of drug-likeness (QED) is 0.448. The highest BCUT2D eigenvalue weighted by Gasteiger charge is 2.12. The molecule has 132 valence electrons. The number of hydrogen-bond donors (Lipinski definition) is 0. The molecule has 0 saturated heterocycles. The van der Waals surface area contributed by atoms with Crippen LogP contribution in [-0.2, 0) is 16.1 Å². The summed E-state index contributed by atoms with van der Waals surface area (Å²) >= 11 is 9.72. The second kappa shape index (κ2) is 9.49. The Hall–Kier alpha value is -1.98. The van der Waals surface area contributed by atoms with Gasteiger partial charge in [-0.2, -0.15) is 0 Å². The molecule has 0 unspecified atom stereocenters. The molecular weight excluding hydrogens is 408 g/mol. The first-order chi connectivity index (χ1) is 12.0. The van der Waals surface area contributed by atoms with Crippen molar-refractivity contribution in [2.75, 3.05) is 13.7 Å². The molecule has 0 atom stereocenters. The van der Waals surface area contributed by atoms with Gasteiger partial charge in [0, 0.05) is 10.5 Å². The van der Waals surface area contributed by atoms with Crippen LogP contribution in [0.5, 0.6) is 11.5 Å². The van der Waals surface area contributed by atoms with E-state index < -0.39 is 5.97 Å². The molecule has 0 saturated carbocycles. The van der Waals surface area contributed by atoms with E-state index in [1.165, 1.54) is 13.2 Å². The van der Waals surface area contributed by atoms with E-state index in [1.807, 2.05) is 24.3 Å². The van der Waals surface area contributed by atoms with Crippen molar-refractivity contribution in [1.29, 1.82) is 0 Å². The Kier molecular flexibility index (Phi) is 7.34. The maximum atomic E-state index is 11.4. The van der Waals surface area contributed by atoms with Crippen LogP contribution in [0, 0.1) is 0 Å². The summed E-state index contributed by atoms with van der Waals surface area (Å²) in [6.07, 6.45) is 2.96. The van der Waals surface area contributed by atoms with Gasteiger partial charge in [0.15, 0.2) is 11.5 Å². The molecule has 2 aromatic carbocycles. The number of carbonyl (C=O) groups is 1. The lowest BCUT2D eigenvalue weighted by Crippen LogP contribution is -2.00. The monoisotopic (exact) mass is 424 g/mol. The van der Waals surface area contributed by atoms with Crippen molar-refractivity contribution in [2.24, 2.45) is 0 Å². The smallest absolute Gasteiger partial charge is 0.330 e. The Morgan fingerprint density at radius 3 is 2.60 bits per heavy atom. The minimum absolute atomic E-state index is 0.329. The third-order valence-corrected chi connectivity index (χ3v) is 4.06. The zero-order chi connectivity index (χ0) is 18.2. The molecule has 6 heteroatoms. The zero-order valence-corrected chi connectivity index (χ0v) is 16.3. The fourth-order valence-electron chi connectivity index (χ4n) is 2.07. The first-order valence-corrected chi connectivity index (χ1v) is 8.80. The van der Waals surface area contributed by atoms with Gasteiger partial charge in [-0.25, -0.2) is 4.79 Å². The van der Waals surface area contributed by atoms with E-state index in [-0.39, 0.29) is 0 Å². The summed E-state index contributed by atoms with van der Waals surface area (Å²) in [6.45, 7) is 2.45. The maximum Gasteiger partial charge on any atom is 0.330 e. The highest BCUT2D eigenvalue weighted by molar-refractivity contribution is 9.10. The number of rotatable bonds is 7. The van der Waals surface area contributed by atoms with Gasteiger partial charge >= 0.3 is 5.97 Å². The van der Waals surface area contributed by atoms with Gasteiger partial charge < -0.3 is 14.2 Å². The molecule has 0 spiro atoms. The minimum atomic E-state index is -0.409. The van der Waals surface area contributed by atoms with Gasteiger partial charge in [-0.3, -0.25) is 0 Å². The Bertz CT molecular complexity index is 757. The second-order valence-corrected chi connectivity index (χ2v) is 6.36. The largest absolute Gasteiger partial charge is 0.493 e. The Morgan fingerprint density at radius 2 is 1.96 bits per heavy atom. The first-order valence-electron chi connectivity index (χ1n) is 7.63. The molecule has 0 amide bonds. The molecule has 0 aliphatic rings. The fourth-order valence-corrected chi connectivity index (χ4v) is 2.60.